The molecule has 1 heterocycles. The lowest BCUT2D eigenvalue weighted by Gasteiger charge is -2.21. The number of ether oxygens (including phenoxy) is 2. The summed E-state index contributed by atoms with van der Waals surface area (Å²) in [4.78, 5) is 23.4. The Morgan fingerprint density at radius 1 is 1.25 bits per heavy atom. The van der Waals surface area contributed by atoms with Crippen LogP contribution in [0.5, 0.6) is 5.88 Å². The predicted octanol–water partition coefficient (Wildman–Crippen LogP) is 2.62. The van der Waals surface area contributed by atoms with E-state index in [1.807, 2.05) is 27.7 Å². The van der Waals surface area contributed by atoms with Crippen LogP contribution in [0.1, 0.15) is 58.8 Å². The highest BCUT2D eigenvalue weighted by molar-refractivity contribution is 5.92. The summed E-state index contributed by atoms with van der Waals surface area (Å²) in [5.41, 5.74) is -0.301. The third kappa shape index (κ3) is 6.06. The number of carbonyl (C=O) groups is 2. The second kappa shape index (κ2) is 7.99. The van der Waals surface area contributed by atoms with Crippen LogP contribution in [0.25, 0.3) is 6.20 Å². The van der Waals surface area contributed by atoms with Gasteiger partial charge in [-0.3, -0.25) is 4.79 Å². The number of esters is 1. The first-order chi connectivity index (χ1) is 11.0. The molecule has 1 aromatic rings. The third-order valence-electron chi connectivity index (χ3n) is 2.79. The molecule has 0 aliphatic rings. The van der Waals surface area contributed by atoms with Gasteiger partial charge in [-0.05, 0) is 47.6 Å². The number of hydrogen-bond acceptors (Lipinski definition) is 5. The van der Waals surface area contributed by atoms with Gasteiger partial charge in [-0.15, -0.1) is 0 Å². The van der Waals surface area contributed by atoms with Crippen LogP contribution in [0.3, 0.4) is 0 Å². The van der Waals surface area contributed by atoms with E-state index in [-0.39, 0.29) is 23.7 Å². The van der Waals surface area contributed by atoms with Gasteiger partial charge in [0.05, 0.1) is 23.9 Å². The summed E-state index contributed by atoms with van der Waals surface area (Å²) in [6.45, 7) is 12.4. The van der Waals surface area contributed by atoms with Crippen molar-refractivity contribution in [3.05, 3.63) is 17.8 Å². The Balaban J connectivity index is 3.12. The topological polar surface area (TPSA) is 82.5 Å². The van der Waals surface area contributed by atoms with E-state index in [2.05, 4.69) is 10.4 Å². The predicted molar refractivity (Wildman–Crippen MR) is 91.8 cm³/mol. The maximum absolute atomic E-state index is 12.2. The molecule has 0 bridgehead atoms. The molecule has 0 atom stereocenters. The second-order valence-corrected chi connectivity index (χ2v) is 6.65. The molecule has 0 aliphatic heterocycles. The quantitative estimate of drug-likeness (QED) is 0.773. The van der Waals surface area contributed by atoms with Gasteiger partial charge < -0.3 is 14.8 Å². The van der Waals surface area contributed by atoms with Crippen LogP contribution >= 0.6 is 0 Å². The van der Waals surface area contributed by atoms with Crippen molar-refractivity contribution >= 4 is 18.1 Å². The summed E-state index contributed by atoms with van der Waals surface area (Å²) in [7, 11) is 0. The largest absolute Gasteiger partial charge is 0.474 e. The Morgan fingerprint density at radius 3 is 2.38 bits per heavy atom. The molecule has 134 valence electrons. The Kier molecular flexibility index (Phi) is 6.57. The molecule has 0 saturated carbocycles. The highest BCUT2D eigenvalue weighted by Gasteiger charge is 2.22. The van der Waals surface area contributed by atoms with Crippen LogP contribution in [0.4, 0.5) is 0 Å². The minimum atomic E-state index is -0.564. The molecule has 0 fully saturated rings. The van der Waals surface area contributed by atoms with Gasteiger partial charge in [0.15, 0.2) is 0 Å². The SMILES string of the molecule is CC(=O)NC(C)(C)/C=C/n1ncc(C(=O)OC(C)C)c1OC(C)C. The lowest BCUT2D eigenvalue weighted by atomic mass is 10.1. The van der Waals surface area contributed by atoms with Crippen molar-refractivity contribution in [2.45, 2.75) is 66.2 Å². The summed E-state index contributed by atoms with van der Waals surface area (Å²) >= 11 is 0. The van der Waals surface area contributed by atoms with E-state index >= 15 is 0 Å². The zero-order chi connectivity index (χ0) is 18.5. The summed E-state index contributed by atoms with van der Waals surface area (Å²) < 4.78 is 12.4. The molecule has 1 N–H and O–H groups in total. The Bertz CT molecular complexity index is 615. The molecule has 7 heteroatoms. The number of nitrogens with one attached hydrogen (secondary N) is 1. The highest BCUT2D eigenvalue weighted by Crippen LogP contribution is 2.22. The van der Waals surface area contributed by atoms with Crippen LogP contribution in [-0.4, -0.2) is 39.4 Å². The zero-order valence-electron chi connectivity index (χ0n) is 15.4. The fourth-order valence-corrected chi connectivity index (χ4v) is 1.97. The lowest BCUT2D eigenvalue weighted by Crippen LogP contribution is -2.40. The molecule has 1 aromatic heterocycles. The molecule has 0 radical (unpaired) electrons. The molecule has 0 aromatic carbocycles. The number of hydrogen-bond donors (Lipinski definition) is 1. The first kappa shape index (κ1) is 19.7. The zero-order valence-corrected chi connectivity index (χ0v) is 15.4. The Morgan fingerprint density at radius 2 is 1.88 bits per heavy atom. The van der Waals surface area contributed by atoms with Gasteiger partial charge in [0.25, 0.3) is 0 Å². The minimum absolute atomic E-state index is 0.134. The molecular weight excluding hydrogens is 310 g/mol. The summed E-state index contributed by atoms with van der Waals surface area (Å²) in [6, 6.07) is 0. The van der Waals surface area contributed by atoms with Crippen molar-refractivity contribution in [2.75, 3.05) is 0 Å². The van der Waals surface area contributed by atoms with Crippen molar-refractivity contribution in [2.24, 2.45) is 0 Å². The van der Waals surface area contributed by atoms with Gasteiger partial charge >= 0.3 is 5.97 Å². The van der Waals surface area contributed by atoms with Crippen LogP contribution < -0.4 is 10.1 Å². The number of carbonyl (C=O) groups excluding carboxylic acids is 2. The molecule has 24 heavy (non-hydrogen) atoms. The number of amides is 1. The maximum atomic E-state index is 12.2. The van der Waals surface area contributed by atoms with E-state index in [0.717, 1.165) is 0 Å². The van der Waals surface area contributed by atoms with E-state index in [1.165, 1.54) is 17.8 Å². The third-order valence-corrected chi connectivity index (χ3v) is 2.79. The van der Waals surface area contributed by atoms with Crippen molar-refractivity contribution < 1.29 is 19.1 Å². The standard InChI is InChI=1S/C17H27N3O4/c1-11(2)23-15-14(16(22)24-12(3)4)10-18-20(15)9-8-17(6,7)19-13(5)21/h8-12H,1-7H3,(H,19,21)/b9-8+. The van der Waals surface area contributed by atoms with Gasteiger partial charge in [-0.1, -0.05) is 0 Å². The van der Waals surface area contributed by atoms with E-state index in [0.29, 0.717) is 5.88 Å². The summed E-state index contributed by atoms with van der Waals surface area (Å²) in [6.07, 6.45) is 4.47. The molecule has 1 amide bonds. The number of rotatable bonds is 7. The van der Waals surface area contributed by atoms with Crippen molar-refractivity contribution in [1.82, 2.24) is 15.1 Å². The van der Waals surface area contributed by atoms with Crippen LogP contribution in [0.15, 0.2) is 12.3 Å². The summed E-state index contributed by atoms with van der Waals surface area (Å²) in [5.74, 6) is -0.308. The number of aromatic nitrogens is 2. The second-order valence-electron chi connectivity index (χ2n) is 6.65. The Labute approximate surface area is 143 Å². The molecule has 1 rings (SSSR count). The normalized spacial score (nSPS) is 12.0. The molecule has 0 saturated heterocycles. The van der Waals surface area contributed by atoms with E-state index in [1.54, 1.807) is 26.1 Å². The molecule has 0 aliphatic carbocycles. The fraction of sp³-hybridized carbons (Fsp3) is 0.588. The minimum Gasteiger partial charge on any atom is -0.474 e. The van der Waals surface area contributed by atoms with Gasteiger partial charge in [-0.2, -0.15) is 5.10 Å². The average molecular weight is 337 g/mol. The van der Waals surface area contributed by atoms with Gasteiger partial charge in [-0.25, -0.2) is 9.48 Å². The van der Waals surface area contributed by atoms with E-state index < -0.39 is 11.5 Å². The molecule has 7 nitrogen and oxygen atoms in total. The van der Waals surface area contributed by atoms with Crippen LogP contribution in [0, 0.1) is 0 Å². The van der Waals surface area contributed by atoms with E-state index in [4.69, 9.17) is 9.47 Å². The van der Waals surface area contributed by atoms with Gasteiger partial charge in [0.1, 0.15) is 5.56 Å². The molecule has 0 unspecified atom stereocenters. The Hall–Kier alpha value is -2.31. The maximum Gasteiger partial charge on any atom is 0.345 e. The van der Waals surface area contributed by atoms with Gasteiger partial charge in [0, 0.05) is 13.1 Å². The van der Waals surface area contributed by atoms with Crippen molar-refractivity contribution in [3.8, 4) is 5.88 Å². The highest BCUT2D eigenvalue weighted by atomic mass is 16.5. The average Bonchev–Trinajstić information content (AvgIpc) is 2.76. The van der Waals surface area contributed by atoms with Crippen molar-refractivity contribution in [3.63, 3.8) is 0 Å². The smallest absolute Gasteiger partial charge is 0.345 e. The molecular formula is C17H27N3O4. The lowest BCUT2D eigenvalue weighted by molar-refractivity contribution is -0.120. The van der Waals surface area contributed by atoms with Crippen LogP contribution in [0.2, 0.25) is 0 Å². The van der Waals surface area contributed by atoms with E-state index in [9.17, 15) is 9.59 Å². The van der Waals surface area contributed by atoms with Gasteiger partial charge in [0.2, 0.25) is 11.8 Å². The number of nitrogens with zero attached hydrogens (tertiary/aromatic N) is 2. The first-order valence-corrected chi connectivity index (χ1v) is 7.95. The molecule has 0 spiro atoms. The first-order valence-electron chi connectivity index (χ1n) is 7.95. The summed E-state index contributed by atoms with van der Waals surface area (Å²) in [5, 5.41) is 6.98. The fourth-order valence-electron chi connectivity index (χ4n) is 1.97. The van der Waals surface area contributed by atoms with Crippen LogP contribution in [-0.2, 0) is 9.53 Å². The monoisotopic (exact) mass is 337 g/mol. The van der Waals surface area contributed by atoms with Crippen molar-refractivity contribution in [1.29, 1.82) is 0 Å².